The van der Waals surface area contributed by atoms with Crippen molar-refractivity contribution < 1.29 is 9.90 Å². The first-order chi connectivity index (χ1) is 8.97. The van der Waals surface area contributed by atoms with Gasteiger partial charge in [-0.05, 0) is 44.0 Å². The van der Waals surface area contributed by atoms with E-state index in [9.17, 15) is 4.79 Å². The average Bonchev–Trinajstić information content (AvgIpc) is 2.72. The van der Waals surface area contributed by atoms with Crippen molar-refractivity contribution in [3.63, 3.8) is 0 Å². The summed E-state index contributed by atoms with van der Waals surface area (Å²) < 4.78 is 2.00. The number of rotatable bonds is 4. The van der Waals surface area contributed by atoms with Crippen LogP contribution >= 0.6 is 0 Å². The van der Waals surface area contributed by atoms with Gasteiger partial charge < -0.3 is 9.67 Å². The first-order valence-electron chi connectivity index (χ1n) is 6.31. The van der Waals surface area contributed by atoms with E-state index in [1.807, 2.05) is 17.7 Å². The Hall–Kier alpha value is -2.10. The van der Waals surface area contributed by atoms with E-state index in [4.69, 9.17) is 5.11 Å². The van der Waals surface area contributed by atoms with E-state index in [0.717, 1.165) is 17.2 Å². The summed E-state index contributed by atoms with van der Waals surface area (Å²) in [6.07, 6.45) is 2.50. The summed E-state index contributed by atoms with van der Waals surface area (Å²) in [5.74, 6) is 0.0852. The van der Waals surface area contributed by atoms with Crippen molar-refractivity contribution in [2.45, 2.75) is 33.6 Å². The van der Waals surface area contributed by atoms with E-state index < -0.39 is 5.97 Å². The number of carboxylic acid groups (broad SMARTS) is 1. The third-order valence-corrected chi connectivity index (χ3v) is 3.30. The van der Waals surface area contributed by atoms with Gasteiger partial charge in [0.15, 0.2) is 0 Å². The SMILES string of the molecule is Cc1ccc(-n2cc(CCC(=O)O)nc2C)cc1C. The van der Waals surface area contributed by atoms with Crippen molar-refractivity contribution in [1.29, 1.82) is 0 Å². The molecule has 0 atom stereocenters. The maximum absolute atomic E-state index is 10.6. The lowest BCUT2D eigenvalue weighted by molar-refractivity contribution is -0.136. The van der Waals surface area contributed by atoms with Crippen LogP contribution in [0.5, 0.6) is 0 Å². The zero-order chi connectivity index (χ0) is 14.0. The lowest BCUT2D eigenvalue weighted by Crippen LogP contribution is -1.97. The number of imidazole rings is 1. The molecule has 0 spiro atoms. The van der Waals surface area contributed by atoms with Crippen LogP contribution in [0.2, 0.25) is 0 Å². The summed E-state index contributed by atoms with van der Waals surface area (Å²) in [6, 6.07) is 6.25. The number of aryl methyl sites for hydroxylation is 4. The molecule has 4 heteroatoms. The van der Waals surface area contributed by atoms with Crippen LogP contribution in [0.1, 0.15) is 29.1 Å². The van der Waals surface area contributed by atoms with Gasteiger partial charge >= 0.3 is 5.97 Å². The summed E-state index contributed by atoms with van der Waals surface area (Å²) in [5.41, 5.74) is 4.37. The first kappa shape index (κ1) is 13.3. The van der Waals surface area contributed by atoms with Crippen molar-refractivity contribution in [1.82, 2.24) is 9.55 Å². The van der Waals surface area contributed by atoms with E-state index in [0.29, 0.717) is 6.42 Å². The second-order valence-electron chi connectivity index (χ2n) is 4.81. The van der Waals surface area contributed by atoms with Gasteiger partial charge in [-0.3, -0.25) is 4.79 Å². The number of carboxylic acids is 1. The molecule has 0 saturated carbocycles. The number of hydrogen-bond acceptors (Lipinski definition) is 2. The highest BCUT2D eigenvalue weighted by Crippen LogP contribution is 2.17. The molecule has 0 unspecified atom stereocenters. The maximum Gasteiger partial charge on any atom is 0.303 e. The fourth-order valence-electron chi connectivity index (χ4n) is 2.03. The molecule has 0 aliphatic heterocycles. The Bertz CT molecular complexity index is 615. The molecule has 0 aliphatic carbocycles. The van der Waals surface area contributed by atoms with Crippen LogP contribution in [0, 0.1) is 20.8 Å². The molecule has 1 N–H and O–H groups in total. The van der Waals surface area contributed by atoms with E-state index in [1.54, 1.807) is 0 Å². The minimum Gasteiger partial charge on any atom is -0.481 e. The molecule has 0 saturated heterocycles. The summed E-state index contributed by atoms with van der Waals surface area (Å²) in [4.78, 5) is 15.0. The Balaban J connectivity index is 2.29. The van der Waals surface area contributed by atoms with Crippen molar-refractivity contribution >= 4 is 5.97 Å². The van der Waals surface area contributed by atoms with Crippen LogP contribution in [0.4, 0.5) is 0 Å². The molecule has 0 fully saturated rings. The van der Waals surface area contributed by atoms with Crippen LogP contribution < -0.4 is 0 Å². The first-order valence-corrected chi connectivity index (χ1v) is 6.31. The van der Waals surface area contributed by atoms with Crippen molar-refractivity contribution in [2.24, 2.45) is 0 Å². The zero-order valence-corrected chi connectivity index (χ0v) is 11.5. The quantitative estimate of drug-likeness (QED) is 0.917. The Kier molecular flexibility index (Phi) is 3.69. The van der Waals surface area contributed by atoms with Gasteiger partial charge in [0.05, 0.1) is 12.1 Å². The largest absolute Gasteiger partial charge is 0.481 e. The third-order valence-electron chi connectivity index (χ3n) is 3.30. The molecule has 1 heterocycles. The molecule has 19 heavy (non-hydrogen) atoms. The molecular weight excluding hydrogens is 240 g/mol. The number of aliphatic carboxylic acids is 1. The van der Waals surface area contributed by atoms with Crippen LogP contribution in [-0.2, 0) is 11.2 Å². The topological polar surface area (TPSA) is 55.1 Å². The van der Waals surface area contributed by atoms with Gasteiger partial charge in [-0.15, -0.1) is 0 Å². The normalized spacial score (nSPS) is 10.7. The highest BCUT2D eigenvalue weighted by atomic mass is 16.4. The maximum atomic E-state index is 10.6. The number of hydrogen-bond donors (Lipinski definition) is 1. The lowest BCUT2D eigenvalue weighted by atomic mass is 10.1. The van der Waals surface area contributed by atoms with Gasteiger partial charge in [0.1, 0.15) is 5.82 Å². The fourth-order valence-corrected chi connectivity index (χ4v) is 2.03. The molecule has 0 bridgehead atoms. The van der Waals surface area contributed by atoms with Crippen LogP contribution in [-0.4, -0.2) is 20.6 Å². The lowest BCUT2D eigenvalue weighted by Gasteiger charge is -2.07. The molecule has 0 aliphatic rings. The third kappa shape index (κ3) is 3.02. The molecule has 2 rings (SSSR count). The Labute approximate surface area is 112 Å². The molecule has 1 aromatic heterocycles. The smallest absolute Gasteiger partial charge is 0.303 e. The number of nitrogens with zero attached hydrogens (tertiary/aromatic N) is 2. The summed E-state index contributed by atoms with van der Waals surface area (Å²) in [7, 11) is 0. The standard InChI is InChI=1S/C15H18N2O2/c1-10-4-6-14(8-11(10)2)17-9-13(16-12(17)3)5-7-15(18)19/h4,6,8-9H,5,7H2,1-3H3,(H,18,19). The van der Waals surface area contributed by atoms with Crippen molar-refractivity contribution in [3.05, 3.63) is 47.0 Å². The number of benzene rings is 1. The average molecular weight is 258 g/mol. The van der Waals surface area contributed by atoms with E-state index in [2.05, 4.69) is 37.0 Å². The Morgan fingerprint density at radius 2 is 2.00 bits per heavy atom. The van der Waals surface area contributed by atoms with Crippen LogP contribution in [0.25, 0.3) is 5.69 Å². The molecule has 0 radical (unpaired) electrons. The highest BCUT2D eigenvalue weighted by Gasteiger charge is 2.08. The number of carbonyl (C=O) groups is 1. The summed E-state index contributed by atoms with van der Waals surface area (Å²) in [6.45, 7) is 6.09. The Morgan fingerprint density at radius 1 is 1.26 bits per heavy atom. The second-order valence-corrected chi connectivity index (χ2v) is 4.81. The van der Waals surface area contributed by atoms with Crippen LogP contribution in [0.3, 0.4) is 0 Å². The minimum atomic E-state index is -0.793. The van der Waals surface area contributed by atoms with Crippen molar-refractivity contribution in [2.75, 3.05) is 0 Å². The zero-order valence-electron chi connectivity index (χ0n) is 11.5. The monoisotopic (exact) mass is 258 g/mol. The van der Waals surface area contributed by atoms with Gasteiger partial charge in [-0.1, -0.05) is 6.07 Å². The van der Waals surface area contributed by atoms with E-state index >= 15 is 0 Å². The molecule has 2 aromatic rings. The minimum absolute atomic E-state index is 0.114. The van der Waals surface area contributed by atoms with Gasteiger partial charge in [-0.25, -0.2) is 4.98 Å². The molecule has 100 valence electrons. The number of aromatic nitrogens is 2. The molecule has 1 aromatic carbocycles. The van der Waals surface area contributed by atoms with E-state index in [-0.39, 0.29) is 6.42 Å². The van der Waals surface area contributed by atoms with Gasteiger partial charge in [0, 0.05) is 18.3 Å². The predicted octanol–water partition coefficient (Wildman–Crippen LogP) is 2.81. The van der Waals surface area contributed by atoms with E-state index in [1.165, 1.54) is 11.1 Å². The highest BCUT2D eigenvalue weighted by molar-refractivity contribution is 5.66. The fraction of sp³-hybridized carbons (Fsp3) is 0.333. The Morgan fingerprint density at radius 3 is 2.63 bits per heavy atom. The summed E-state index contributed by atoms with van der Waals surface area (Å²) in [5, 5.41) is 8.70. The van der Waals surface area contributed by atoms with Gasteiger partial charge in [0.2, 0.25) is 0 Å². The molecule has 4 nitrogen and oxygen atoms in total. The van der Waals surface area contributed by atoms with Crippen molar-refractivity contribution in [3.8, 4) is 5.69 Å². The van der Waals surface area contributed by atoms with Crippen LogP contribution in [0.15, 0.2) is 24.4 Å². The summed E-state index contributed by atoms with van der Waals surface area (Å²) >= 11 is 0. The van der Waals surface area contributed by atoms with Gasteiger partial charge in [-0.2, -0.15) is 0 Å². The predicted molar refractivity (Wildman–Crippen MR) is 73.7 cm³/mol. The molecular formula is C15H18N2O2. The molecule has 0 amide bonds. The van der Waals surface area contributed by atoms with Gasteiger partial charge in [0.25, 0.3) is 0 Å². The second kappa shape index (κ2) is 5.26.